The fraction of sp³-hybridized carbons (Fsp3) is 0.706. The first-order valence-electron chi connectivity index (χ1n) is 7.97. The topological polar surface area (TPSA) is 29.1 Å². The summed E-state index contributed by atoms with van der Waals surface area (Å²) in [7, 11) is 0. The fourth-order valence-electron chi connectivity index (χ4n) is 2.38. The van der Waals surface area contributed by atoms with E-state index in [0.29, 0.717) is 12.2 Å². The number of nitrogens with one attached hydrogen (secondary N) is 1. The van der Waals surface area contributed by atoms with Crippen molar-refractivity contribution in [1.29, 1.82) is 0 Å². The van der Waals surface area contributed by atoms with E-state index < -0.39 is 0 Å². The molecule has 0 saturated carbocycles. The molecule has 19 heavy (non-hydrogen) atoms. The van der Waals surface area contributed by atoms with Gasteiger partial charge in [0.05, 0.1) is 0 Å². The Bertz CT molecular complexity index is 328. The Hall–Kier alpha value is -1.05. The lowest BCUT2D eigenvalue weighted by atomic mass is 9.97. The van der Waals surface area contributed by atoms with Crippen LogP contribution in [-0.4, -0.2) is 12.3 Å². The Morgan fingerprint density at radius 1 is 1.00 bits per heavy atom. The summed E-state index contributed by atoms with van der Waals surface area (Å²) in [5.74, 6) is 0.317. The molecule has 0 aromatic carbocycles. The van der Waals surface area contributed by atoms with Gasteiger partial charge in [-0.05, 0) is 25.7 Å². The third-order valence-corrected chi connectivity index (χ3v) is 3.57. The highest BCUT2D eigenvalue weighted by Crippen LogP contribution is 2.18. The standard InChI is InChI=1S/C17H29NO/c1-3-5-7-9-11-15-16(12-10-8-6-4-2)18-14-13-17(15)19/h11-12,18H,3-10,13-14H2,1-2H3. The zero-order chi connectivity index (χ0) is 13.9. The van der Waals surface area contributed by atoms with E-state index in [2.05, 4.69) is 31.3 Å². The Morgan fingerprint density at radius 2 is 1.63 bits per heavy atom. The molecule has 2 nitrogen and oxygen atoms in total. The zero-order valence-corrected chi connectivity index (χ0v) is 12.6. The molecule has 1 heterocycles. The lowest BCUT2D eigenvalue weighted by Gasteiger charge is -2.19. The summed E-state index contributed by atoms with van der Waals surface area (Å²) in [6.45, 7) is 5.22. The van der Waals surface area contributed by atoms with Crippen LogP contribution in [0, 0.1) is 0 Å². The van der Waals surface area contributed by atoms with Crippen molar-refractivity contribution in [2.75, 3.05) is 6.54 Å². The van der Waals surface area contributed by atoms with Crippen LogP contribution in [0.3, 0.4) is 0 Å². The lowest BCUT2D eigenvalue weighted by molar-refractivity contribution is -0.115. The van der Waals surface area contributed by atoms with Crippen molar-refractivity contribution >= 4 is 5.78 Å². The molecule has 0 aromatic rings. The number of allylic oxidation sites excluding steroid dienone is 3. The molecule has 1 fully saturated rings. The van der Waals surface area contributed by atoms with Crippen molar-refractivity contribution in [3.8, 4) is 0 Å². The predicted octanol–water partition coefficient (Wildman–Crippen LogP) is 4.52. The second kappa shape index (κ2) is 9.82. The third-order valence-electron chi connectivity index (χ3n) is 3.57. The maximum Gasteiger partial charge on any atom is 0.166 e. The molecule has 1 rings (SSSR count). The summed E-state index contributed by atoms with van der Waals surface area (Å²) in [6.07, 6.45) is 14.5. The summed E-state index contributed by atoms with van der Waals surface area (Å²) in [6, 6.07) is 0. The number of rotatable bonds is 8. The van der Waals surface area contributed by atoms with E-state index in [9.17, 15) is 4.79 Å². The van der Waals surface area contributed by atoms with Crippen LogP contribution in [-0.2, 0) is 4.79 Å². The van der Waals surface area contributed by atoms with Gasteiger partial charge in [-0.1, -0.05) is 51.7 Å². The van der Waals surface area contributed by atoms with Gasteiger partial charge in [0, 0.05) is 24.2 Å². The minimum absolute atomic E-state index is 0.317. The molecule has 1 N–H and O–H groups in total. The van der Waals surface area contributed by atoms with Gasteiger partial charge in [-0.15, -0.1) is 0 Å². The summed E-state index contributed by atoms with van der Waals surface area (Å²) in [4.78, 5) is 12.0. The third kappa shape index (κ3) is 6.09. The number of hydrogen-bond acceptors (Lipinski definition) is 2. The fourth-order valence-corrected chi connectivity index (χ4v) is 2.38. The average Bonchev–Trinajstić information content (AvgIpc) is 2.42. The van der Waals surface area contributed by atoms with Gasteiger partial charge >= 0.3 is 0 Å². The van der Waals surface area contributed by atoms with E-state index in [1.807, 2.05) is 0 Å². The second-order valence-electron chi connectivity index (χ2n) is 5.33. The van der Waals surface area contributed by atoms with Gasteiger partial charge in [0.1, 0.15) is 0 Å². The van der Waals surface area contributed by atoms with E-state index in [1.54, 1.807) is 0 Å². The maximum atomic E-state index is 12.0. The molecule has 1 aliphatic heterocycles. The summed E-state index contributed by atoms with van der Waals surface area (Å²) >= 11 is 0. The van der Waals surface area contributed by atoms with E-state index in [4.69, 9.17) is 0 Å². The van der Waals surface area contributed by atoms with Crippen LogP contribution >= 0.6 is 0 Å². The number of carbonyl (C=O) groups is 1. The monoisotopic (exact) mass is 263 g/mol. The molecule has 0 amide bonds. The normalized spacial score (nSPS) is 20.0. The SMILES string of the molecule is CCCCCC=C1NCCC(=O)C1=CCCCCC. The molecule has 0 aromatic heterocycles. The molecule has 2 heteroatoms. The number of ketones is 1. The summed E-state index contributed by atoms with van der Waals surface area (Å²) < 4.78 is 0. The van der Waals surface area contributed by atoms with Gasteiger partial charge < -0.3 is 5.32 Å². The average molecular weight is 263 g/mol. The van der Waals surface area contributed by atoms with Crippen LogP contribution in [0.1, 0.15) is 71.6 Å². The number of piperidine rings is 1. The van der Waals surface area contributed by atoms with Gasteiger partial charge in [-0.25, -0.2) is 0 Å². The van der Waals surface area contributed by atoms with E-state index >= 15 is 0 Å². The Morgan fingerprint density at radius 3 is 2.26 bits per heavy atom. The summed E-state index contributed by atoms with van der Waals surface area (Å²) in [5, 5.41) is 3.39. The minimum Gasteiger partial charge on any atom is -0.384 e. The van der Waals surface area contributed by atoms with Gasteiger partial charge in [0.15, 0.2) is 5.78 Å². The highest BCUT2D eigenvalue weighted by Gasteiger charge is 2.18. The zero-order valence-electron chi connectivity index (χ0n) is 12.6. The van der Waals surface area contributed by atoms with Gasteiger partial charge in [0.25, 0.3) is 0 Å². The molecule has 0 aliphatic carbocycles. The van der Waals surface area contributed by atoms with Crippen molar-refractivity contribution in [1.82, 2.24) is 5.32 Å². The number of carbonyl (C=O) groups excluding carboxylic acids is 1. The molecule has 0 radical (unpaired) electrons. The molecule has 1 aliphatic rings. The van der Waals surface area contributed by atoms with Crippen LogP contribution in [0.4, 0.5) is 0 Å². The highest BCUT2D eigenvalue weighted by molar-refractivity contribution is 6.00. The summed E-state index contributed by atoms with van der Waals surface area (Å²) in [5.41, 5.74) is 2.03. The quantitative estimate of drug-likeness (QED) is 0.515. The molecule has 108 valence electrons. The molecular formula is C17H29NO. The van der Waals surface area contributed by atoms with Gasteiger partial charge in [0.2, 0.25) is 0 Å². The van der Waals surface area contributed by atoms with Crippen molar-refractivity contribution in [2.45, 2.75) is 71.6 Å². The van der Waals surface area contributed by atoms with Crippen LogP contribution in [0.25, 0.3) is 0 Å². The van der Waals surface area contributed by atoms with Crippen LogP contribution in [0.15, 0.2) is 23.4 Å². The highest BCUT2D eigenvalue weighted by atomic mass is 16.1. The molecule has 1 saturated heterocycles. The first-order chi connectivity index (χ1) is 9.29. The Labute approximate surface area is 118 Å². The largest absolute Gasteiger partial charge is 0.384 e. The van der Waals surface area contributed by atoms with Crippen molar-refractivity contribution < 1.29 is 4.79 Å². The van der Waals surface area contributed by atoms with Crippen LogP contribution in [0.5, 0.6) is 0 Å². The predicted molar refractivity (Wildman–Crippen MR) is 82.1 cm³/mol. The van der Waals surface area contributed by atoms with Crippen LogP contribution in [0.2, 0.25) is 0 Å². The molecule has 0 unspecified atom stereocenters. The van der Waals surface area contributed by atoms with Gasteiger partial charge in [-0.3, -0.25) is 4.79 Å². The van der Waals surface area contributed by atoms with E-state index in [-0.39, 0.29) is 0 Å². The van der Waals surface area contributed by atoms with Crippen molar-refractivity contribution in [3.63, 3.8) is 0 Å². The first kappa shape index (κ1) is 16.0. The molecular weight excluding hydrogens is 234 g/mol. The van der Waals surface area contributed by atoms with E-state index in [1.165, 1.54) is 38.5 Å². The second-order valence-corrected chi connectivity index (χ2v) is 5.33. The number of hydrogen-bond donors (Lipinski definition) is 1. The minimum atomic E-state index is 0.317. The van der Waals surface area contributed by atoms with Crippen molar-refractivity contribution in [3.05, 3.63) is 23.4 Å². The number of unbranched alkanes of at least 4 members (excludes halogenated alkanes) is 6. The van der Waals surface area contributed by atoms with Crippen molar-refractivity contribution in [2.24, 2.45) is 0 Å². The Balaban J connectivity index is 2.56. The van der Waals surface area contributed by atoms with E-state index in [0.717, 1.165) is 30.7 Å². The molecule has 0 spiro atoms. The Kier molecular flexibility index (Phi) is 8.28. The lowest BCUT2D eigenvalue weighted by Crippen LogP contribution is -2.28. The smallest absolute Gasteiger partial charge is 0.166 e. The van der Waals surface area contributed by atoms with Gasteiger partial charge in [-0.2, -0.15) is 0 Å². The maximum absolute atomic E-state index is 12.0. The molecule has 0 bridgehead atoms. The molecule has 0 atom stereocenters. The van der Waals surface area contributed by atoms with Crippen LogP contribution < -0.4 is 5.32 Å². The first-order valence-corrected chi connectivity index (χ1v) is 7.97. The number of Topliss-reactive ketones (excluding diaryl/α,β-unsaturated/α-hetero) is 1.